The second kappa shape index (κ2) is 8.34. The molecule has 0 spiro atoms. The van der Waals surface area contributed by atoms with E-state index in [9.17, 15) is 26.4 Å². The van der Waals surface area contributed by atoms with E-state index in [0.29, 0.717) is 6.54 Å². The molecule has 0 aromatic heterocycles. The van der Waals surface area contributed by atoms with Gasteiger partial charge < -0.3 is 10.6 Å². The molecule has 0 radical (unpaired) electrons. The first-order chi connectivity index (χ1) is 12.2. The molecule has 2 atom stereocenters. The van der Waals surface area contributed by atoms with E-state index in [-0.39, 0.29) is 34.9 Å². The molecule has 6 nitrogen and oxygen atoms in total. The first-order valence-corrected chi connectivity index (χ1v) is 9.82. The molecule has 2 bridgehead atoms. The molecule has 0 saturated carbocycles. The van der Waals surface area contributed by atoms with Gasteiger partial charge in [0.25, 0.3) is 5.91 Å². The van der Waals surface area contributed by atoms with E-state index < -0.39 is 28.7 Å². The second-order valence-corrected chi connectivity index (χ2v) is 8.38. The average Bonchev–Trinajstić information content (AvgIpc) is 2.85. The quantitative estimate of drug-likeness (QED) is 0.769. The van der Waals surface area contributed by atoms with Gasteiger partial charge in [-0.3, -0.25) is 4.79 Å². The summed E-state index contributed by atoms with van der Waals surface area (Å²) in [4.78, 5) is 11.8. The van der Waals surface area contributed by atoms with E-state index in [1.165, 1.54) is 24.3 Å². The van der Waals surface area contributed by atoms with Gasteiger partial charge in [0, 0.05) is 24.2 Å². The second-order valence-electron chi connectivity index (χ2n) is 6.53. The SMILES string of the molecule is Cl.O=C(NCC(F)(F)F)c1ccc(S(=O)(=O)N2C3CCNCC2CC3)cc1. The molecule has 2 aliphatic rings. The van der Waals surface area contributed by atoms with Gasteiger partial charge in [-0.15, -0.1) is 12.4 Å². The fourth-order valence-corrected chi connectivity index (χ4v) is 5.41. The number of nitrogens with zero attached hydrogens (tertiary/aromatic N) is 1. The number of carbonyl (C=O) groups is 1. The smallest absolute Gasteiger partial charge is 0.343 e. The third-order valence-electron chi connectivity index (χ3n) is 4.73. The number of carbonyl (C=O) groups excluding carboxylic acids is 1. The molecule has 152 valence electrons. The van der Waals surface area contributed by atoms with Crippen molar-refractivity contribution in [3.63, 3.8) is 0 Å². The third kappa shape index (κ3) is 4.92. The topological polar surface area (TPSA) is 78.5 Å². The molecule has 2 N–H and O–H groups in total. The molecule has 2 unspecified atom stereocenters. The van der Waals surface area contributed by atoms with Crippen molar-refractivity contribution in [2.75, 3.05) is 19.6 Å². The van der Waals surface area contributed by atoms with E-state index in [2.05, 4.69) is 5.32 Å². The normalized spacial score (nSPS) is 23.4. The predicted octanol–water partition coefficient (Wildman–Crippen LogP) is 1.92. The molecule has 1 aromatic rings. The van der Waals surface area contributed by atoms with Gasteiger partial charge in [-0.05, 0) is 50.1 Å². The molecular formula is C16H21ClF3N3O3S. The van der Waals surface area contributed by atoms with Gasteiger partial charge in [-0.1, -0.05) is 0 Å². The van der Waals surface area contributed by atoms with Crippen LogP contribution >= 0.6 is 12.4 Å². The van der Waals surface area contributed by atoms with E-state index >= 15 is 0 Å². The highest BCUT2D eigenvalue weighted by molar-refractivity contribution is 7.89. The van der Waals surface area contributed by atoms with Gasteiger partial charge in [0.15, 0.2) is 0 Å². The Labute approximate surface area is 162 Å². The van der Waals surface area contributed by atoms with Gasteiger partial charge in [-0.2, -0.15) is 17.5 Å². The first kappa shape index (κ1) is 21.9. The van der Waals surface area contributed by atoms with Crippen LogP contribution in [0.15, 0.2) is 29.2 Å². The predicted molar refractivity (Wildman–Crippen MR) is 95.4 cm³/mol. The zero-order valence-corrected chi connectivity index (χ0v) is 16.0. The summed E-state index contributed by atoms with van der Waals surface area (Å²) in [7, 11) is -3.72. The fourth-order valence-electron chi connectivity index (χ4n) is 3.51. The minimum atomic E-state index is -4.50. The van der Waals surface area contributed by atoms with E-state index in [1.54, 1.807) is 9.62 Å². The standard InChI is InChI=1S/C16H20F3N3O3S.ClH/c17-16(18,19)10-21-15(23)11-1-5-14(6-2-11)26(24,25)22-12-3-4-13(22)9-20-8-7-12;/h1-2,5-6,12-13,20H,3-4,7-10H2,(H,21,23);1H. The Kier molecular flexibility index (Phi) is 6.77. The lowest BCUT2D eigenvalue weighted by Crippen LogP contribution is -2.42. The van der Waals surface area contributed by atoms with Crippen molar-refractivity contribution in [1.82, 2.24) is 14.9 Å². The van der Waals surface area contributed by atoms with Crippen LogP contribution in [0.5, 0.6) is 0 Å². The summed E-state index contributed by atoms with van der Waals surface area (Å²) in [5, 5.41) is 4.99. The van der Waals surface area contributed by atoms with Crippen LogP contribution in [0.2, 0.25) is 0 Å². The highest BCUT2D eigenvalue weighted by Gasteiger charge is 2.43. The molecule has 1 amide bonds. The Morgan fingerprint density at radius 1 is 1.15 bits per heavy atom. The first-order valence-electron chi connectivity index (χ1n) is 8.38. The maximum atomic E-state index is 13.0. The highest BCUT2D eigenvalue weighted by atomic mass is 35.5. The number of fused-ring (bicyclic) bond motifs is 2. The number of amides is 1. The number of alkyl halides is 3. The van der Waals surface area contributed by atoms with Crippen LogP contribution < -0.4 is 10.6 Å². The Morgan fingerprint density at radius 2 is 1.78 bits per heavy atom. The maximum Gasteiger partial charge on any atom is 0.405 e. The van der Waals surface area contributed by atoms with Crippen molar-refractivity contribution in [2.24, 2.45) is 0 Å². The van der Waals surface area contributed by atoms with E-state index in [1.807, 2.05) is 0 Å². The number of sulfonamides is 1. The molecule has 2 saturated heterocycles. The Morgan fingerprint density at radius 3 is 2.41 bits per heavy atom. The lowest BCUT2D eigenvalue weighted by molar-refractivity contribution is -0.123. The van der Waals surface area contributed by atoms with Crippen molar-refractivity contribution in [3.05, 3.63) is 29.8 Å². The van der Waals surface area contributed by atoms with Crippen LogP contribution in [0, 0.1) is 0 Å². The monoisotopic (exact) mass is 427 g/mol. The van der Waals surface area contributed by atoms with Crippen molar-refractivity contribution in [2.45, 2.75) is 42.4 Å². The van der Waals surface area contributed by atoms with Crippen LogP contribution in [0.25, 0.3) is 0 Å². The number of rotatable bonds is 4. The molecule has 2 aliphatic heterocycles. The average molecular weight is 428 g/mol. The zero-order chi connectivity index (χ0) is 18.9. The fraction of sp³-hybridized carbons (Fsp3) is 0.562. The van der Waals surface area contributed by atoms with Gasteiger partial charge >= 0.3 is 6.18 Å². The summed E-state index contributed by atoms with van der Waals surface area (Å²) in [6.45, 7) is -0.0603. The molecule has 1 aromatic carbocycles. The number of benzene rings is 1. The Balaban J connectivity index is 0.00000261. The van der Waals surface area contributed by atoms with Gasteiger partial charge in [-0.25, -0.2) is 8.42 Å². The zero-order valence-electron chi connectivity index (χ0n) is 14.3. The molecule has 0 aliphatic carbocycles. The number of hydrogen-bond acceptors (Lipinski definition) is 4. The third-order valence-corrected chi connectivity index (χ3v) is 6.75. The minimum Gasteiger partial charge on any atom is -0.343 e. The summed E-state index contributed by atoms with van der Waals surface area (Å²) in [5.41, 5.74) is -0.0197. The van der Waals surface area contributed by atoms with Crippen LogP contribution in [0.4, 0.5) is 13.2 Å². The van der Waals surface area contributed by atoms with Crippen LogP contribution in [0.3, 0.4) is 0 Å². The van der Waals surface area contributed by atoms with Crippen LogP contribution in [-0.4, -0.2) is 56.5 Å². The minimum absolute atomic E-state index is 0. The largest absolute Gasteiger partial charge is 0.405 e. The summed E-state index contributed by atoms with van der Waals surface area (Å²) in [6, 6.07) is 4.87. The van der Waals surface area contributed by atoms with E-state index in [4.69, 9.17) is 0 Å². The highest BCUT2D eigenvalue weighted by Crippen LogP contribution is 2.33. The van der Waals surface area contributed by atoms with Crippen molar-refractivity contribution in [3.8, 4) is 0 Å². The molecule has 11 heteroatoms. The van der Waals surface area contributed by atoms with Gasteiger partial charge in [0.05, 0.1) is 4.90 Å². The van der Waals surface area contributed by atoms with Crippen LogP contribution in [0.1, 0.15) is 29.6 Å². The van der Waals surface area contributed by atoms with Crippen molar-refractivity contribution in [1.29, 1.82) is 0 Å². The summed E-state index contributed by atoms with van der Waals surface area (Å²) < 4.78 is 64.0. The van der Waals surface area contributed by atoms with Gasteiger partial charge in [0.1, 0.15) is 6.54 Å². The molecular weight excluding hydrogens is 407 g/mol. The molecule has 2 fully saturated rings. The van der Waals surface area contributed by atoms with Crippen molar-refractivity contribution >= 4 is 28.3 Å². The van der Waals surface area contributed by atoms with Gasteiger partial charge in [0.2, 0.25) is 10.0 Å². The Bertz CT molecular complexity index is 757. The summed E-state index contributed by atoms with van der Waals surface area (Å²) in [6.07, 6.45) is -2.13. The Hall–Kier alpha value is -1.36. The number of halogens is 4. The lowest BCUT2D eigenvalue weighted by Gasteiger charge is -2.26. The number of hydrogen-bond donors (Lipinski definition) is 2. The molecule has 27 heavy (non-hydrogen) atoms. The molecule has 2 heterocycles. The summed E-state index contributed by atoms with van der Waals surface area (Å²) in [5.74, 6) is -0.898. The maximum absolute atomic E-state index is 13.0. The lowest BCUT2D eigenvalue weighted by atomic mass is 10.1. The van der Waals surface area contributed by atoms with E-state index in [0.717, 1.165) is 25.8 Å². The number of nitrogens with one attached hydrogen (secondary N) is 2. The summed E-state index contributed by atoms with van der Waals surface area (Å²) >= 11 is 0. The van der Waals surface area contributed by atoms with Crippen LogP contribution in [-0.2, 0) is 10.0 Å². The molecule has 3 rings (SSSR count). The van der Waals surface area contributed by atoms with Crippen molar-refractivity contribution < 1.29 is 26.4 Å².